The molecule has 21 rings (SSSR count). The number of nitrogens with zero attached hydrogens (tertiary/aromatic N) is 8. The van der Waals surface area contributed by atoms with Crippen LogP contribution in [0, 0.1) is 0 Å². The monoisotopic (exact) mass is 1350 g/mol. The minimum Gasteiger partial charge on any atom is -0.305 e. The summed E-state index contributed by atoms with van der Waals surface area (Å²) in [6, 6.07) is 136. The van der Waals surface area contributed by atoms with Gasteiger partial charge in [-0.25, -0.2) is 19.9 Å². The second-order valence-corrected chi connectivity index (χ2v) is 27.2. The third kappa shape index (κ3) is 9.76. The smallest absolute Gasteiger partial charge is 0.165 e. The molecule has 0 atom stereocenters. The summed E-state index contributed by atoms with van der Waals surface area (Å²) >= 11 is 0. The lowest BCUT2D eigenvalue weighted by Crippen LogP contribution is -2.16. The van der Waals surface area contributed by atoms with Crippen molar-refractivity contribution in [3.05, 3.63) is 376 Å². The highest BCUT2D eigenvalue weighted by Gasteiger charge is 2.34. The van der Waals surface area contributed by atoms with Gasteiger partial charge in [0.1, 0.15) is 11.4 Å². The van der Waals surface area contributed by atoms with Gasteiger partial charge in [-0.3, -0.25) is 9.13 Å². The van der Waals surface area contributed by atoms with Crippen LogP contribution in [0.5, 0.6) is 0 Å². The van der Waals surface area contributed by atoms with E-state index in [0.717, 1.165) is 171 Å². The minimum atomic E-state index is 0.516. The van der Waals surface area contributed by atoms with E-state index in [9.17, 15) is 0 Å². The van der Waals surface area contributed by atoms with Crippen LogP contribution >= 0.6 is 0 Å². The molecule has 8 nitrogen and oxygen atoms in total. The molecule has 0 bridgehead atoms. The van der Waals surface area contributed by atoms with E-state index in [2.05, 4.69) is 358 Å². The van der Waals surface area contributed by atoms with Gasteiger partial charge in [0.05, 0.1) is 44.1 Å². The molecule has 15 aromatic carbocycles. The summed E-state index contributed by atoms with van der Waals surface area (Å²) in [5, 5.41) is 8.78. The van der Waals surface area contributed by atoms with Crippen molar-refractivity contribution in [2.24, 2.45) is 0 Å². The van der Waals surface area contributed by atoms with E-state index in [1.807, 2.05) is 36.4 Å². The maximum absolute atomic E-state index is 6.76. The van der Waals surface area contributed by atoms with Crippen LogP contribution in [0.15, 0.2) is 376 Å². The van der Waals surface area contributed by atoms with Crippen molar-refractivity contribution in [3.63, 3.8) is 0 Å². The molecule has 494 valence electrons. The maximum Gasteiger partial charge on any atom is 0.165 e. The lowest BCUT2D eigenvalue weighted by atomic mass is 9.95. The first-order valence-electron chi connectivity index (χ1n) is 36.0. The zero-order chi connectivity index (χ0) is 69.8. The molecule has 0 unspecified atom stereocenters. The first-order valence-corrected chi connectivity index (χ1v) is 36.0. The Hall–Kier alpha value is -14.3. The molecule has 0 amide bonds. The Morgan fingerprint density at radius 2 is 0.406 bits per heavy atom. The minimum absolute atomic E-state index is 0.516. The molecule has 106 heavy (non-hydrogen) atoms. The van der Waals surface area contributed by atoms with Gasteiger partial charge >= 0.3 is 0 Å². The van der Waals surface area contributed by atoms with Crippen LogP contribution in [0.3, 0.4) is 0 Å². The standard InChI is InChI=1S/C98H62N8/c1-7-29-63(30-8-1)69-51-55-87-79(59-69)80-60-70(64-31-9-2-10-32-64)52-56-88(80)105(87)97-92(103-83-47-25-21-41-73(83)74-42-22-26-48-84(74)103)91(77-45-19-20-46-78(77)96-100-94(67-37-15-5-16-38-67)99-95(101-96)68-39-17-6-18-40-68)93(104-85-49-27-23-43-75(85)76-44-24-28-50-86(76)104)98(102-97)106-89-57-53-71(65-33-11-3-12-34-65)61-81(89)82-62-72(54-58-90(82)106)66-35-13-4-14-36-66/h1-62H. The average Bonchev–Trinajstić information content (AvgIpc) is 1.48. The number of rotatable bonds is 12. The second kappa shape index (κ2) is 24.7. The highest BCUT2D eigenvalue weighted by Crippen LogP contribution is 2.52. The van der Waals surface area contributed by atoms with E-state index in [4.69, 9.17) is 19.9 Å². The van der Waals surface area contributed by atoms with Crippen LogP contribution in [0.25, 0.3) is 200 Å². The van der Waals surface area contributed by atoms with E-state index < -0.39 is 0 Å². The zero-order valence-corrected chi connectivity index (χ0v) is 57.4. The first kappa shape index (κ1) is 60.4. The van der Waals surface area contributed by atoms with Gasteiger partial charge in [0, 0.05) is 65.3 Å². The molecule has 0 aliphatic carbocycles. The highest BCUT2D eigenvalue weighted by atomic mass is 15.2. The summed E-state index contributed by atoms with van der Waals surface area (Å²) in [5.41, 5.74) is 23.0. The van der Waals surface area contributed by atoms with Crippen LogP contribution in [-0.2, 0) is 0 Å². The van der Waals surface area contributed by atoms with Gasteiger partial charge in [-0.15, -0.1) is 0 Å². The van der Waals surface area contributed by atoms with Crippen LogP contribution < -0.4 is 0 Å². The summed E-state index contributed by atoms with van der Waals surface area (Å²) in [6.07, 6.45) is 0. The fourth-order valence-corrected chi connectivity index (χ4v) is 16.4. The molecule has 0 N–H and O–H groups in total. The molecule has 0 aliphatic rings. The van der Waals surface area contributed by atoms with Crippen LogP contribution in [0.4, 0.5) is 0 Å². The maximum atomic E-state index is 6.76. The summed E-state index contributed by atoms with van der Waals surface area (Å²) in [6.45, 7) is 0. The number of aromatic nitrogens is 8. The van der Waals surface area contributed by atoms with Crippen LogP contribution in [0.1, 0.15) is 0 Å². The Morgan fingerprint density at radius 1 is 0.160 bits per heavy atom. The number of pyridine rings is 1. The lowest BCUT2D eigenvalue weighted by molar-refractivity contribution is 0.961. The normalized spacial score (nSPS) is 11.8. The fraction of sp³-hybridized carbons (Fsp3) is 0. The largest absolute Gasteiger partial charge is 0.305 e. The second-order valence-electron chi connectivity index (χ2n) is 27.2. The summed E-state index contributed by atoms with van der Waals surface area (Å²) in [5.74, 6) is 3.05. The Morgan fingerprint density at radius 3 is 0.717 bits per heavy atom. The van der Waals surface area contributed by atoms with Gasteiger partial charge in [0.2, 0.25) is 0 Å². The van der Waals surface area contributed by atoms with E-state index in [-0.39, 0.29) is 0 Å². The van der Waals surface area contributed by atoms with E-state index in [1.165, 1.54) is 0 Å². The van der Waals surface area contributed by atoms with Crippen molar-refractivity contribution in [3.8, 4) is 113 Å². The van der Waals surface area contributed by atoms with Gasteiger partial charge in [-0.2, -0.15) is 0 Å². The molecule has 6 heterocycles. The van der Waals surface area contributed by atoms with E-state index in [1.54, 1.807) is 0 Å². The summed E-state index contributed by atoms with van der Waals surface area (Å²) in [7, 11) is 0. The molecule has 21 aromatic rings. The molecule has 0 saturated heterocycles. The molecular weight excluding hydrogens is 1290 g/mol. The average molecular weight is 1350 g/mol. The van der Waals surface area contributed by atoms with Gasteiger partial charge in [0.25, 0.3) is 0 Å². The summed E-state index contributed by atoms with van der Waals surface area (Å²) < 4.78 is 9.96. The fourth-order valence-electron chi connectivity index (χ4n) is 16.4. The lowest BCUT2D eigenvalue weighted by Gasteiger charge is -2.27. The molecular formula is C98H62N8. The number of fused-ring (bicyclic) bond motifs is 12. The quantitative estimate of drug-likeness (QED) is 0.122. The van der Waals surface area contributed by atoms with Crippen molar-refractivity contribution in [1.29, 1.82) is 0 Å². The van der Waals surface area contributed by atoms with Crippen molar-refractivity contribution < 1.29 is 0 Å². The molecule has 0 radical (unpaired) electrons. The van der Waals surface area contributed by atoms with E-state index in [0.29, 0.717) is 29.1 Å². The Kier molecular flexibility index (Phi) is 14.1. The molecule has 6 aromatic heterocycles. The Labute approximate surface area is 610 Å². The van der Waals surface area contributed by atoms with Gasteiger partial charge in [-0.05, 0) is 123 Å². The molecule has 0 fully saturated rings. The number of hydrogen-bond acceptors (Lipinski definition) is 4. The predicted molar refractivity (Wildman–Crippen MR) is 438 cm³/mol. The molecule has 0 spiro atoms. The van der Waals surface area contributed by atoms with Crippen molar-refractivity contribution in [1.82, 2.24) is 38.2 Å². The van der Waals surface area contributed by atoms with Gasteiger partial charge in [-0.1, -0.05) is 303 Å². The van der Waals surface area contributed by atoms with Crippen molar-refractivity contribution in [2.75, 3.05) is 0 Å². The zero-order valence-electron chi connectivity index (χ0n) is 57.4. The third-order valence-electron chi connectivity index (χ3n) is 21.2. The Balaban J connectivity index is 1.02. The van der Waals surface area contributed by atoms with Crippen LogP contribution in [0.2, 0.25) is 0 Å². The van der Waals surface area contributed by atoms with Gasteiger partial charge < -0.3 is 9.13 Å². The van der Waals surface area contributed by atoms with Crippen LogP contribution in [-0.4, -0.2) is 38.2 Å². The molecule has 0 saturated carbocycles. The van der Waals surface area contributed by atoms with Crippen molar-refractivity contribution in [2.45, 2.75) is 0 Å². The van der Waals surface area contributed by atoms with Crippen molar-refractivity contribution >= 4 is 87.2 Å². The van der Waals surface area contributed by atoms with Gasteiger partial charge in [0.15, 0.2) is 29.1 Å². The highest BCUT2D eigenvalue weighted by molar-refractivity contribution is 6.17. The molecule has 8 heteroatoms. The summed E-state index contributed by atoms with van der Waals surface area (Å²) in [4.78, 5) is 23.4. The Bertz CT molecular complexity index is 6340. The topological polar surface area (TPSA) is 71.3 Å². The molecule has 0 aliphatic heterocycles. The number of hydrogen-bond donors (Lipinski definition) is 0. The third-order valence-corrected chi connectivity index (χ3v) is 21.2. The SMILES string of the molecule is c1ccc(-c2ccc3c(c2)c2cc(-c4ccccc4)ccc2n3-c2nc(-n3c4ccc(-c5ccccc5)cc4c4cc(-c5ccccc5)ccc43)c(-n3c4ccccc4c4ccccc43)c(-c3ccccc3-c3nc(-c4ccccc4)nc(-c4ccccc4)n3)c2-n2c3ccccc3c3ccccc32)cc1. The first-order chi connectivity index (χ1) is 52.6. The number of para-hydroxylation sites is 4. The van der Waals surface area contributed by atoms with E-state index >= 15 is 0 Å². The number of benzene rings is 15. The predicted octanol–water partition coefficient (Wildman–Crippen LogP) is 25.0.